The minimum absolute atomic E-state index is 0.265. The van der Waals surface area contributed by atoms with Gasteiger partial charge in [-0.05, 0) is 18.4 Å². The van der Waals surface area contributed by atoms with Gasteiger partial charge in [0.05, 0.1) is 0 Å². The van der Waals surface area contributed by atoms with Gasteiger partial charge in [-0.3, -0.25) is 0 Å². The van der Waals surface area contributed by atoms with Crippen LogP contribution in [-0.4, -0.2) is 38.3 Å². The molecule has 0 unspecified atom stereocenters. The van der Waals surface area contributed by atoms with Crippen molar-refractivity contribution < 1.29 is 12.8 Å². The molecular formula is C10H14FNO2S2. The molecule has 6 heteroatoms. The lowest BCUT2D eigenvalue weighted by atomic mass is 10.4. The largest absolute Gasteiger partial charge is 0.245 e. The van der Waals surface area contributed by atoms with Gasteiger partial charge in [-0.2, -0.15) is 11.8 Å². The van der Waals surface area contributed by atoms with E-state index in [9.17, 15) is 12.8 Å². The van der Waals surface area contributed by atoms with Gasteiger partial charge in [0.1, 0.15) is 10.7 Å². The number of sulfonamides is 1. The van der Waals surface area contributed by atoms with E-state index in [1.165, 1.54) is 29.6 Å². The summed E-state index contributed by atoms with van der Waals surface area (Å²) in [5.41, 5.74) is 0. The molecule has 0 saturated heterocycles. The van der Waals surface area contributed by atoms with Crippen LogP contribution < -0.4 is 0 Å². The standard InChI is InChI=1S/C10H14FNO2S2/c1-12(7-8-15-2)16(13,14)10-6-4-3-5-9(10)11/h3-6H,7-8H2,1-2H3. The molecule has 0 aliphatic heterocycles. The second-order valence-corrected chi connectivity index (χ2v) is 6.25. The molecule has 0 fully saturated rings. The van der Waals surface area contributed by atoms with Crippen molar-refractivity contribution in [1.82, 2.24) is 4.31 Å². The van der Waals surface area contributed by atoms with Crippen LogP contribution >= 0.6 is 11.8 Å². The Morgan fingerprint density at radius 3 is 2.56 bits per heavy atom. The molecule has 0 saturated carbocycles. The third-order valence-electron chi connectivity index (χ3n) is 2.14. The Bertz CT molecular complexity index is 448. The number of thioether (sulfide) groups is 1. The first-order valence-corrected chi connectivity index (χ1v) is 7.53. The lowest BCUT2D eigenvalue weighted by molar-refractivity contribution is 0.480. The molecule has 0 aliphatic rings. The first-order chi connectivity index (χ1) is 7.50. The highest BCUT2D eigenvalue weighted by molar-refractivity contribution is 7.98. The number of hydrogen-bond donors (Lipinski definition) is 0. The SMILES string of the molecule is CSCCN(C)S(=O)(=O)c1ccccc1F. The monoisotopic (exact) mass is 263 g/mol. The van der Waals surface area contributed by atoms with Gasteiger partial charge in [-0.1, -0.05) is 12.1 Å². The van der Waals surface area contributed by atoms with E-state index in [1.807, 2.05) is 6.26 Å². The Morgan fingerprint density at radius 1 is 1.38 bits per heavy atom. The molecule has 1 rings (SSSR count). The van der Waals surface area contributed by atoms with Crippen molar-refractivity contribution in [3.8, 4) is 0 Å². The maximum absolute atomic E-state index is 13.4. The van der Waals surface area contributed by atoms with Gasteiger partial charge in [0, 0.05) is 19.3 Å². The van der Waals surface area contributed by atoms with Gasteiger partial charge in [0.25, 0.3) is 0 Å². The van der Waals surface area contributed by atoms with Crippen LogP contribution in [0.3, 0.4) is 0 Å². The molecule has 0 amide bonds. The Hall–Kier alpha value is -0.590. The molecule has 0 aliphatic carbocycles. The van der Waals surface area contributed by atoms with Gasteiger partial charge in [-0.15, -0.1) is 0 Å². The van der Waals surface area contributed by atoms with Crippen LogP contribution in [0.1, 0.15) is 0 Å². The van der Waals surface area contributed by atoms with Gasteiger partial charge >= 0.3 is 0 Å². The molecule has 1 aromatic rings. The topological polar surface area (TPSA) is 37.4 Å². The smallest absolute Gasteiger partial charge is 0.207 e. The summed E-state index contributed by atoms with van der Waals surface area (Å²) in [5.74, 6) is -0.0250. The summed E-state index contributed by atoms with van der Waals surface area (Å²) >= 11 is 1.55. The number of halogens is 1. The lowest BCUT2D eigenvalue weighted by Crippen LogP contribution is -2.29. The predicted molar refractivity (Wildman–Crippen MR) is 64.6 cm³/mol. The van der Waals surface area contributed by atoms with Gasteiger partial charge in [0.2, 0.25) is 10.0 Å². The third-order valence-corrected chi connectivity index (χ3v) is 4.62. The van der Waals surface area contributed by atoms with E-state index in [4.69, 9.17) is 0 Å². The van der Waals surface area contributed by atoms with Crippen LogP contribution in [0.15, 0.2) is 29.2 Å². The Morgan fingerprint density at radius 2 is 2.00 bits per heavy atom. The first kappa shape index (κ1) is 13.5. The third kappa shape index (κ3) is 2.96. The van der Waals surface area contributed by atoms with Crippen LogP contribution in [0.5, 0.6) is 0 Å². The zero-order valence-corrected chi connectivity index (χ0v) is 10.8. The second-order valence-electron chi connectivity index (χ2n) is 3.25. The number of nitrogens with zero attached hydrogens (tertiary/aromatic N) is 1. The van der Waals surface area contributed by atoms with E-state index >= 15 is 0 Å². The Kier molecular flexibility index (Phi) is 4.76. The highest BCUT2D eigenvalue weighted by atomic mass is 32.2. The molecule has 0 radical (unpaired) electrons. The Labute approximate surface area is 99.7 Å². The summed E-state index contributed by atoms with van der Waals surface area (Å²) < 4.78 is 38.4. The summed E-state index contributed by atoms with van der Waals surface area (Å²) in [6.45, 7) is 0.373. The second kappa shape index (κ2) is 5.65. The minimum atomic E-state index is -3.70. The zero-order chi connectivity index (χ0) is 12.2. The van der Waals surface area contributed by atoms with Gasteiger partial charge in [-0.25, -0.2) is 17.1 Å². The molecule has 90 valence electrons. The van der Waals surface area contributed by atoms with Gasteiger partial charge < -0.3 is 0 Å². The van der Waals surface area contributed by atoms with Crippen molar-refractivity contribution in [2.24, 2.45) is 0 Å². The van der Waals surface area contributed by atoms with Crippen molar-refractivity contribution in [2.45, 2.75) is 4.90 Å². The highest BCUT2D eigenvalue weighted by Crippen LogP contribution is 2.17. The summed E-state index contributed by atoms with van der Waals surface area (Å²) in [5, 5.41) is 0. The lowest BCUT2D eigenvalue weighted by Gasteiger charge is -2.16. The molecule has 0 bridgehead atoms. The normalized spacial score (nSPS) is 12.0. The molecule has 1 aromatic carbocycles. The van der Waals surface area contributed by atoms with Crippen molar-refractivity contribution in [1.29, 1.82) is 0 Å². The molecule has 0 spiro atoms. The van der Waals surface area contributed by atoms with Crippen molar-refractivity contribution in [2.75, 3.05) is 25.6 Å². The number of hydrogen-bond acceptors (Lipinski definition) is 3. The van der Waals surface area contributed by atoms with E-state index in [0.29, 0.717) is 12.3 Å². The molecule has 3 nitrogen and oxygen atoms in total. The van der Waals surface area contributed by atoms with Crippen molar-refractivity contribution >= 4 is 21.8 Å². The maximum Gasteiger partial charge on any atom is 0.245 e. The van der Waals surface area contributed by atoms with Crippen LogP contribution in [0.4, 0.5) is 4.39 Å². The summed E-state index contributed by atoms with van der Waals surface area (Å²) in [6, 6.07) is 5.41. The predicted octanol–water partition coefficient (Wildman–Crippen LogP) is 1.81. The quantitative estimate of drug-likeness (QED) is 0.813. The molecule has 16 heavy (non-hydrogen) atoms. The molecule has 0 heterocycles. The van der Waals surface area contributed by atoms with E-state index in [1.54, 1.807) is 11.8 Å². The summed E-state index contributed by atoms with van der Waals surface area (Å²) in [4.78, 5) is -0.265. The highest BCUT2D eigenvalue weighted by Gasteiger charge is 2.23. The fourth-order valence-electron chi connectivity index (χ4n) is 1.16. The average Bonchev–Trinajstić information content (AvgIpc) is 2.26. The van der Waals surface area contributed by atoms with Gasteiger partial charge in [0.15, 0.2) is 0 Å². The summed E-state index contributed by atoms with van der Waals surface area (Å²) in [6.07, 6.45) is 1.89. The molecule has 0 aromatic heterocycles. The number of benzene rings is 1. The van der Waals surface area contributed by atoms with Crippen LogP contribution in [0, 0.1) is 5.82 Å². The van der Waals surface area contributed by atoms with Crippen LogP contribution in [0.2, 0.25) is 0 Å². The van der Waals surface area contributed by atoms with E-state index in [0.717, 1.165) is 6.07 Å². The minimum Gasteiger partial charge on any atom is -0.207 e. The molecule has 0 atom stereocenters. The first-order valence-electron chi connectivity index (χ1n) is 4.70. The van der Waals surface area contributed by atoms with E-state index in [-0.39, 0.29) is 4.90 Å². The molecule has 0 N–H and O–H groups in total. The van der Waals surface area contributed by atoms with Crippen molar-refractivity contribution in [3.05, 3.63) is 30.1 Å². The van der Waals surface area contributed by atoms with Crippen LogP contribution in [-0.2, 0) is 10.0 Å². The number of rotatable bonds is 5. The zero-order valence-electron chi connectivity index (χ0n) is 9.18. The van der Waals surface area contributed by atoms with Crippen LogP contribution in [0.25, 0.3) is 0 Å². The summed E-state index contributed by atoms with van der Waals surface area (Å²) in [7, 11) is -2.24. The maximum atomic E-state index is 13.4. The fourth-order valence-corrected chi connectivity index (χ4v) is 2.97. The van der Waals surface area contributed by atoms with E-state index in [2.05, 4.69) is 0 Å². The Balaban J connectivity index is 2.98. The fraction of sp³-hybridized carbons (Fsp3) is 0.400. The van der Waals surface area contributed by atoms with Crippen molar-refractivity contribution in [3.63, 3.8) is 0 Å². The van der Waals surface area contributed by atoms with E-state index < -0.39 is 15.8 Å². The molecular weight excluding hydrogens is 249 g/mol. The average molecular weight is 263 g/mol.